The van der Waals surface area contributed by atoms with Gasteiger partial charge in [0.05, 0.1) is 11.0 Å². The molecule has 3 rings (SSSR count). The molecule has 6 nitrogen and oxygen atoms in total. The van der Waals surface area contributed by atoms with Crippen LogP contribution in [-0.4, -0.2) is 11.0 Å². The second kappa shape index (κ2) is 8.77. The quantitative estimate of drug-likeness (QED) is 0.475. The minimum Gasteiger partial charge on any atom is -0.331 e. The van der Waals surface area contributed by atoms with Crippen LogP contribution in [0.3, 0.4) is 0 Å². The molecule has 0 aromatic heterocycles. The van der Waals surface area contributed by atoms with E-state index in [1.165, 1.54) is 6.07 Å². The van der Waals surface area contributed by atoms with E-state index < -0.39 is 22.5 Å². The SMILES string of the molecule is O=C(Nc1ccc(F)c([N+](=O)[O-])c1)N[C@H](Cc1ccccc1)c1ccccc1. The summed E-state index contributed by atoms with van der Waals surface area (Å²) in [6.45, 7) is 0. The smallest absolute Gasteiger partial charge is 0.319 e. The molecule has 0 unspecified atom stereocenters. The highest BCUT2D eigenvalue weighted by Gasteiger charge is 2.18. The first-order chi connectivity index (χ1) is 13.5. The maximum absolute atomic E-state index is 13.5. The molecule has 0 saturated heterocycles. The molecule has 1 atom stereocenters. The lowest BCUT2D eigenvalue weighted by atomic mass is 9.99. The van der Waals surface area contributed by atoms with Crippen molar-refractivity contribution < 1.29 is 14.1 Å². The first-order valence-corrected chi connectivity index (χ1v) is 8.63. The van der Waals surface area contributed by atoms with Crippen molar-refractivity contribution in [2.45, 2.75) is 12.5 Å². The van der Waals surface area contributed by atoms with Crippen molar-refractivity contribution in [3.63, 3.8) is 0 Å². The number of nitrogens with zero attached hydrogens (tertiary/aromatic N) is 1. The zero-order valence-corrected chi connectivity index (χ0v) is 14.8. The highest BCUT2D eigenvalue weighted by molar-refractivity contribution is 5.89. The van der Waals surface area contributed by atoms with Gasteiger partial charge in [0.25, 0.3) is 0 Å². The van der Waals surface area contributed by atoms with Crippen LogP contribution in [0.4, 0.5) is 20.6 Å². The number of hydrogen-bond donors (Lipinski definition) is 2. The molecule has 3 aromatic carbocycles. The van der Waals surface area contributed by atoms with Crippen LogP contribution in [0, 0.1) is 15.9 Å². The number of amides is 2. The minimum absolute atomic E-state index is 0.136. The van der Waals surface area contributed by atoms with Crippen molar-refractivity contribution in [3.05, 3.63) is 106 Å². The van der Waals surface area contributed by atoms with Crippen LogP contribution in [0.5, 0.6) is 0 Å². The molecule has 0 radical (unpaired) electrons. The molecule has 7 heteroatoms. The van der Waals surface area contributed by atoms with Gasteiger partial charge in [-0.15, -0.1) is 0 Å². The standard InChI is InChI=1S/C21H18FN3O3/c22-18-12-11-17(14-20(18)25(27)28)23-21(26)24-19(16-9-5-2-6-10-16)13-15-7-3-1-4-8-15/h1-12,14,19H,13H2,(H2,23,24,26)/t19-/m1/s1. The van der Waals surface area contributed by atoms with Gasteiger partial charge in [-0.2, -0.15) is 4.39 Å². The molecule has 0 spiro atoms. The molecule has 0 heterocycles. The Morgan fingerprint density at radius 1 is 1.00 bits per heavy atom. The summed E-state index contributed by atoms with van der Waals surface area (Å²) >= 11 is 0. The van der Waals surface area contributed by atoms with E-state index >= 15 is 0 Å². The average Bonchev–Trinajstić information content (AvgIpc) is 2.70. The van der Waals surface area contributed by atoms with Crippen LogP contribution in [0.1, 0.15) is 17.2 Å². The maximum Gasteiger partial charge on any atom is 0.319 e. The van der Waals surface area contributed by atoms with E-state index in [1.807, 2.05) is 60.7 Å². The van der Waals surface area contributed by atoms with E-state index in [0.717, 1.165) is 23.3 Å². The van der Waals surface area contributed by atoms with Gasteiger partial charge in [-0.25, -0.2) is 4.79 Å². The number of benzene rings is 3. The fraction of sp³-hybridized carbons (Fsp3) is 0.0952. The first-order valence-electron chi connectivity index (χ1n) is 8.63. The third-order valence-corrected chi connectivity index (χ3v) is 4.19. The molecule has 142 valence electrons. The topological polar surface area (TPSA) is 84.3 Å². The summed E-state index contributed by atoms with van der Waals surface area (Å²) in [5.41, 5.74) is 1.42. The normalized spacial score (nSPS) is 11.5. The Bertz CT molecular complexity index is 965. The van der Waals surface area contributed by atoms with Crippen molar-refractivity contribution in [1.29, 1.82) is 0 Å². The number of nitro groups is 1. The van der Waals surface area contributed by atoms with E-state index in [1.54, 1.807) is 0 Å². The summed E-state index contributed by atoms with van der Waals surface area (Å²) in [5.74, 6) is -0.956. The minimum atomic E-state index is -0.956. The van der Waals surface area contributed by atoms with Crippen molar-refractivity contribution in [2.75, 3.05) is 5.32 Å². The largest absolute Gasteiger partial charge is 0.331 e. The van der Waals surface area contributed by atoms with Gasteiger partial charge in [0.15, 0.2) is 0 Å². The predicted molar refractivity (Wildman–Crippen MR) is 105 cm³/mol. The monoisotopic (exact) mass is 379 g/mol. The summed E-state index contributed by atoms with van der Waals surface area (Å²) in [6, 6.07) is 21.6. The molecule has 0 saturated carbocycles. The van der Waals surface area contributed by atoms with Gasteiger partial charge in [0.1, 0.15) is 0 Å². The third-order valence-electron chi connectivity index (χ3n) is 4.19. The molecule has 0 fully saturated rings. The molecule has 0 aliphatic heterocycles. The van der Waals surface area contributed by atoms with Gasteiger partial charge in [0, 0.05) is 11.8 Å². The Hall–Kier alpha value is -3.74. The Balaban J connectivity index is 1.76. The molecule has 3 aromatic rings. The van der Waals surface area contributed by atoms with E-state index in [0.29, 0.717) is 6.42 Å². The number of halogens is 1. The fourth-order valence-electron chi connectivity index (χ4n) is 2.84. The number of hydrogen-bond acceptors (Lipinski definition) is 3. The molecular formula is C21H18FN3O3. The summed E-state index contributed by atoms with van der Waals surface area (Å²) in [6.07, 6.45) is 0.571. The van der Waals surface area contributed by atoms with Gasteiger partial charge < -0.3 is 10.6 Å². The number of rotatable bonds is 6. The van der Waals surface area contributed by atoms with Crippen LogP contribution in [-0.2, 0) is 6.42 Å². The molecule has 0 aliphatic carbocycles. The van der Waals surface area contributed by atoms with E-state index in [2.05, 4.69) is 10.6 Å². The number of nitro benzene ring substituents is 1. The third kappa shape index (κ3) is 4.91. The Labute approximate surface area is 161 Å². The van der Waals surface area contributed by atoms with Crippen LogP contribution in [0.2, 0.25) is 0 Å². The second-order valence-corrected chi connectivity index (χ2v) is 6.17. The summed E-state index contributed by atoms with van der Waals surface area (Å²) < 4.78 is 13.5. The summed E-state index contributed by atoms with van der Waals surface area (Å²) in [4.78, 5) is 22.5. The summed E-state index contributed by atoms with van der Waals surface area (Å²) in [5, 5.41) is 16.3. The zero-order chi connectivity index (χ0) is 19.9. The van der Waals surface area contributed by atoms with Crippen LogP contribution >= 0.6 is 0 Å². The van der Waals surface area contributed by atoms with Gasteiger partial charge >= 0.3 is 11.7 Å². The Kier molecular flexibility index (Phi) is 5.96. The molecule has 2 amide bonds. The molecular weight excluding hydrogens is 361 g/mol. The molecule has 2 N–H and O–H groups in total. The fourth-order valence-corrected chi connectivity index (χ4v) is 2.84. The van der Waals surface area contributed by atoms with Gasteiger partial charge in [-0.1, -0.05) is 60.7 Å². The number of nitrogens with one attached hydrogen (secondary N) is 2. The van der Waals surface area contributed by atoms with Gasteiger partial charge in [0.2, 0.25) is 5.82 Å². The number of anilines is 1. The molecule has 0 aliphatic rings. The lowest BCUT2D eigenvalue weighted by molar-refractivity contribution is -0.387. The Morgan fingerprint density at radius 2 is 1.64 bits per heavy atom. The summed E-state index contributed by atoms with van der Waals surface area (Å²) in [7, 11) is 0. The zero-order valence-electron chi connectivity index (χ0n) is 14.8. The second-order valence-electron chi connectivity index (χ2n) is 6.17. The van der Waals surface area contributed by atoms with Gasteiger partial charge in [-0.3, -0.25) is 10.1 Å². The predicted octanol–water partition coefficient (Wildman–Crippen LogP) is 4.84. The number of carbonyl (C=O) groups excluding carboxylic acids is 1. The number of carbonyl (C=O) groups is 1. The highest BCUT2D eigenvalue weighted by Crippen LogP contribution is 2.22. The first kappa shape index (κ1) is 19.0. The van der Waals surface area contributed by atoms with Crippen LogP contribution < -0.4 is 10.6 Å². The van der Waals surface area contributed by atoms with Crippen molar-refractivity contribution in [1.82, 2.24) is 5.32 Å². The maximum atomic E-state index is 13.5. The molecule has 28 heavy (non-hydrogen) atoms. The van der Waals surface area contributed by atoms with E-state index in [9.17, 15) is 19.3 Å². The van der Waals surface area contributed by atoms with Crippen molar-refractivity contribution >= 4 is 17.4 Å². The van der Waals surface area contributed by atoms with Crippen LogP contribution in [0.25, 0.3) is 0 Å². The van der Waals surface area contributed by atoms with Crippen LogP contribution in [0.15, 0.2) is 78.9 Å². The van der Waals surface area contributed by atoms with Gasteiger partial charge in [-0.05, 0) is 29.7 Å². The van der Waals surface area contributed by atoms with E-state index in [-0.39, 0.29) is 11.7 Å². The Morgan fingerprint density at radius 3 is 2.29 bits per heavy atom. The lowest BCUT2D eigenvalue weighted by Gasteiger charge is -2.20. The number of urea groups is 1. The lowest BCUT2D eigenvalue weighted by Crippen LogP contribution is -2.33. The van der Waals surface area contributed by atoms with Crippen molar-refractivity contribution in [3.8, 4) is 0 Å². The van der Waals surface area contributed by atoms with Crippen molar-refractivity contribution in [2.24, 2.45) is 0 Å². The average molecular weight is 379 g/mol. The van der Waals surface area contributed by atoms with E-state index in [4.69, 9.17) is 0 Å². The highest BCUT2D eigenvalue weighted by atomic mass is 19.1. The molecule has 0 bridgehead atoms.